The molecule has 0 bridgehead atoms. The number of aromatic nitrogens is 2. The summed E-state index contributed by atoms with van der Waals surface area (Å²) in [5.74, 6) is 1.56. The van der Waals surface area contributed by atoms with Crippen LogP contribution in [0.1, 0.15) is 0 Å². The Hall–Kier alpha value is -2.91. The van der Waals surface area contributed by atoms with Gasteiger partial charge in [0.2, 0.25) is 5.88 Å². The van der Waals surface area contributed by atoms with Gasteiger partial charge in [0.05, 0.1) is 18.0 Å². The lowest BCUT2D eigenvalue weighted by atomic mass is 10.2. The summed E-state index contributed by atoms with van der Waals surface area (Å²) < 4.78 is 35.0. The van der Waals surface area contributed by atoms with Crippen molar-refractivity contribution >= 4 is 26.8 Å². The van der Waals surface area contributed by atoms with Gasteiger partial charge in [-0.25, -0.2) is 10.1 Å². The minimum absolute atomic E-state index is 0.343. The molecule has 3 aromatic rings. The van der Waals surface area contributed by atoms with E-state index < -0.39 is 10.2 Å². The Morgan fingerprint density at radius 1 is 1.12 bits per heavy atom. The first-order chi connectivity index (χ1) is 11.4. The molecule has 0 saturated carbocycles. The van der Waals surface area contributed by atoms with Crippen LogP contribution in [0.2, 0.25) is 0 Å². The third kappa shape index (κ3) is 3.70. The molecule has 0 spiro atoms. The van der Waals surface area contributed by atoms with Gasteiger partial charge in [0, 0.05) is 24.1 Å². The fraction of sp³-hybridized carbons (Fsp3) is 0.0667. The molecule has 1 aromatic carbocycles. The number of pyridine rings is 2. The van der Waals surface area contributed by atoms with Gasteiger partial charge in [0.25, 0.3) is 10.2 Å². The minimum Gasteiger partial charge on any atom is -0.481 e. The van der Waals surface area contributed by atoms with Gasteiger partial charge in [-0.2, -0.15) is 8.42 Å². The van der Waals surface area contributed by atoms with E-state index in [0.717, 1.165) is 5.39 Å². The topological polar surface area (TPSA) is 116 Å². The predicted octanol–water partition coefficient (Wildman–Crippen LogP) is 2.05. The molecule has 0 aliphatic heterocycles. The first-order valence-electron chi connectivity index (χ1n) is 6.82. The molecule has 2 aromatic heterocycles. The number of nitrogens with one attached hydrogen (secondary N) is 1. The molecule has 0 amide bonds. The summed E-state index contributed by atoms with van der Waals surface area (Å²) in [7, 11) is -2.27. The second kappa shape index (κ2) is 6.30. The van der Waals surface area contributed by atoms with Crippen LogP contribution >= 0.6 is 0 Å². The van der Waals surface area contributed by atoms with Crippen molar-refractivity contribution in [2.24, 2.45) is 5.14 Å². The van der Waals surface area contributed by atoms with Gasteiger partial charge in [-0.15, -0.1) is 0 Å². The number of rotatable bonds is 5. The van der Waals surface area contributed by atoms with Gasteiger partial charge in [-0.05, 0) is 30.3 Å². The smallest absolute Gasteiger partial charge is 0.296 e. The van der Waals surface area contributed by atoms with Crippen molar-refractivity contribution in [2.75, 3.05) is 11.8 Å². The number of nitrogens with two attached hydrogens (primary N) is 1. The van der Waals surface area contributed by atoms with Crippen LogP contribution in [-0.2, 0) is 10.2 Å². The van der Waals surface area contributed by atoms with E-state index in [9.17, 15) is 8.42 Å². The molecule has 0 aliphatic carbocycles. The number of nitrogens with zero attached hydrogens (tertiary/aromatic N) is 2. The Kier molecular flexibility index (Phi) is 4.19. The summed E-state index contributed by atoms with van der Waals surface area (Å²) in [6, 6.07) is 9.76. The monoisotopic (exact) mass is 346 g/mol. The average molecular weight is 346 g/mol. The molecule has 124 valence electrons. The second-order valence-corrected chi connectivity index (χ2v) is 6.12. The summed E-state index contributed by atoms with van der Waals surface area (Å²) >= 11 is 0. The van der Waals surface area contributed by atoms with Crippen LogP contribution in [0.3, 0.4) is 0 Å². The molecule has 0 radical (unpaired) electrons. The number of hydrogen-bond donors (Lipinski definition) is 2. The molecule has 3 N–H and O–H groups in total. The predicted molar refractivity (Wildman–Crippen MR) is 89.3 cm³/mol. The maximum Gasteiger partial charge on any atom is 0.296 e. The van der Waals surface area contributed by atoms with Gasteiger partial charge >= 0.3 is 0 Å². The number of hydrogen-bond acceptors (Lipinski definition) is 6. The zero-order valence-electron chi connectivity index (χ0n) is 12.6. The van der Waals surface area contributed by atoms with E-state index >= 15 is 0 Å². The molecule has 9 heteroatoms. The number of fused-ring (bicyclic) bond motifs is 1. The second-order valence-electron chi connectivity index (χ2n) is 4.83. The zero-order chi connectivity index (χ0) is 17.2. The molecular weight excluding hydrogens is 332 g/mol. The highest BCUT2D eigenvalue weighted by Gasteiger charge is 2.07. The van der Waals surface area contributed by atoms with Gasteiger partial charge in [-0.3, -0.25) is 9.71 Å². The fourth-order valence-corrected chi connectivity index (χ4v) is 2.55. The van der Waals surface area contributed by atoms with Crippen LogP contribution in [-0.4, -0.2) is 25.5 Å². The van der Waals surface area contributed by atoms with Crippen molar-refractivity contribution in [3.8, 4) is 17.4 Å². The number of anilines is 1. The average Bonchev–Trinajstić information content (AvgIpc) is 2.55. The van der Waals surface area contributed by atoms with Gasteiger partial charge < -0.3 is 9.47 Å². The van der Waals surface area contributed by atoms with Crippen molar-refractivity contribution in [1.82, 2.24) is 9.97 Å². The van der Waals surface area contributed by atoms with Crippen molar-refractivity contribution in [3.63, 3.8) is 0 Å². The van der Waals surface area contributed by atoms with Crippen molar-refractivity contribution in [2.45, 2.75) is 0 Å². The van der Waals surface area contributed by atoms with Crippen molar-refractivity contribution in [3.05, 3.63) is 48.8 Å². The van der Waals surface area contributed by atoms with Crippen LogP contribution in [0.15, 0.2) is 48.8 Å². The SMILES string of the molecule is COc1cc2nccc(Oc3ccc(NS(N)(=O)=O)cc3)c2cn1. The molecule has 8 nitrogen and oxygen atoms in total. The summed E-state index contributed by atoms with van der Waals surface area (Å²) in [5, 5.41) is 5.65. The summed E-state index contributed by atoms with van der Waals surface area (Å²) in [4.78, 5) is 8.41. The molecule has 0 unspecified atom stereocenters. The maximum absolute atomic E-state index is 11.0. The lowest BCUT2D eigenvalue weighted by Crippen LogP contribution is -2.21. The molecule has 24 heavy (non-hydrogen) atoms. The quantitative estimate of drug-likeness (QED) is 0.730. The Morgan fingerprint density at radius 3 is 2.54 bits per heavy atom. The number of methoxy groups -OCH3 is 1. The third-order valence-electron chi connectivity index (χ3n) is 3.11. The van der Waals surface area contributed by atoms with E-state index in [4.69, 9.17) is 14.6 Å². The van der Waals surface area contributed by atoms with Crippen LogP contribution < -0.4 is 19.3 Å². The number of ether oxygens (including phenoxy) is 2. The van der Waals surface area contributed by atoms with E-state index in [1.54, 1.807) is 48.8 Å². The van der Waals surface area contributed by atoms with Crippen molar-refractivity contribution in [1.29, 1.82) is 0 Å². The Labute approximate surface area is 138 Å². The molecule has 0 saturated heterocycles. The van der Waals surface area contributed by atoms with E-state index in [2.05, 4.69) is 14.7 Å². The van der Waals surface area contributed by atoms with E-state index in [-0.39, 0.29) is 0 Å². The first kappa shape index (κ1) is 16.0. The summed E-state index contributed by atoms with van der Waals surface area (Å²) in [6.45, 7) is 0. The van der Waals surface area contributed by atoms with Gasteiger partial charge in [-0.1, -0.05) is 0 Å². The summed E-state index contributed by atoms with van der Waals surface area (Å²) in [5.41, 5.74) is 1.03. The fourth-order valence-electron chi connectivity index (χ4n) is 2.08. The van der Waals surface area contributed by atoms with Gasteiger partial charge in [0.1, 0.15) is 11.5 Å². The normalized spacial score (nSPS) is 11.2. The Bertz CT molecular complexity index is 974. The van der Waals surface area contributed by atoms with Gasteiger partial charge in [0.15, 0.2) is 0 Å². The highest BCUT2D eigenvalue weighted by molar-refractivity contribution is 7.90. The van der Waals surface area contributed by atoms with Crippen LogP contribution in [0.25, 0.3) is 10.9 Å². The molecule has 0 atom stereocenters. The summed E-state index contributed by atoms with van der Waals surface area (Å²) in [6.07, 6.45) is 3.24. The zero-order valence-corrected chi connectivity index (χ0v) is 13.4. The number of benzene rings is 1. The largest absolute Gasteiger partial charge is 0.481 e. The van der Waals surface area contributed by atoms with Crippen LogP contribution in [0.4, 0.5) is 5.69 Å². The molecule has 3 rings (SSSR count). The van der Waals surface area contributed by atoms with Crippen LogP contribution in [0, 0.1) is 0 Å². The van der Waals surface area contributed by atoms with E-state index in [1.807, 2.05) is 0 Å². The van der Waals surface area contributed by atoms with Crippen molar-refractivity contribution < 1.29 is 17.9 Å². The third-order valence-corrected chi connectivity index (χ3v) is 3.63. The highest BCUT2D eigenvalue weighted by atomic mass is 32.2. The molecule has 0 fully saturated rings. The Morgan fingerprint density at radius 2 is 1.88 bits per heavy atom. The molecule has 0 aliphatic rings. The minimum atomic E-state index is -3.80. The maximum atomic E-state index is 11.0. The van der Waals surface area contributed by atoms with E-state index in [1.165, 1.54) is 7.11 Å². The standard InChI is InChI=1S/C15H14N4O4S/c1-22-15-8-13-12(9-18-15)14(6-7-17-13)23-11-4-2-10(3-5-11)19-24(16,20)21/h2-9,19H,1H3,(H2,16,20,21). The Balaban J connectivity index is 1.87. The lowest BCUT2D eigenvalue weighted by Gasteiger charge is -2.10. The lowest BCUT2D eigenvalue weighted by molar-refractivity contribution is 0.398. The highest BCUT2D eigenvalue weighted by Crippen LogP contribution is 2.30. The first-order valence-corrected chi connectivity index (χ1v) is 8.36. The van der Waals surface area contributed by atoms with E-state index in [0.29, 0.717) is 28.6 Å². The van der Waals surface area contributed by atoms with Crippen LogP contribution in [0.5, 0.6) is 17.4 Å². The molecule has 2 heterocycles. The molecular formula is C15H14N4O4S.